The Morgan fingerprint density at radius 3 is 2.24 bits per heavy atom. The van der Waals surface area contributed by atoms with Crippen LogP contribution in [0.1, 0.15) is 18.1 Å². The quantitative estimate of drug-likeness (QED) is 0.256. The minimum absolute atomic E-state index is 0.0797. The molecule has 212 valence electrons. The Morgan fingerprint density at radius 1 is 0.902 bits per heavy atom. The number of hydrogen-bond acceptors (Lipinski definition) is 6. The summed E-state index contributed by atoms with van der Waals surface area (Å²) < 4.78 is 53.5. The lowest BCUT2D eigenvalue weighted by atomic mass is 10.1. The van der Waals surface area contributed by atoms with Crippen molar-refractivity contribution in [3.63, 3.8) is 0 Å². The van der Waals surface area contributed by atoms with E-state index < -0.39 is 17.6 Å². The summed E-state index contributed by atoms with van der Waals surface area (Å²) in [4.78, 5) is 24.3. The van der Waals surface area contributed by atoms with Crippen LogP contribution in [-0.2, 0) is 17.5 Å². The minimum Gasteiger partial charge on any atom is -0.369 e. The summed E-state index contributed by atoms with van der Waals surface area (Å²) in [7, 11) is 0. The lowest BCUT2D eigenvalue weighted by molar-refractivity contribution is -0.138. The number of carbonyl (C=O) groups is 1. The fourth-order valence-corrected chi connectivity index (χ4v) is 4.75. The number of anilines is 4. The predicted molar refractivity (Wildman–Crippen MR) is 150 cm³/mol. The highest BCUT2D eigenvalue weighted by Gasteiger charge is 2.34. The third-order valence-corrected chi connectivity index (χ3v) is 6.79. The lowest BCUT2D eigenvalue weighted by Gasteiger charge is -2.36. The molecule has 1 saturated heterocycles. The fraction of sp³-hybridized carbons (Fsp3) is 0.233. The van der Waals surface area contributed by atoms with Gasteiger partial charge in [-0.05, 0) is 60.2 Å². The van der Waals surface area contributed by atoms with E-state index in [1.807, 2.05) is 53.4 Å². The Bertz CT molecular complexity index is 1500. The number of hydrogen-bond donors (Lipinski definition) is 2. The summed E-state index contributed by atoms with van der Waals surface area (Å²) in [6, 6.07) is 19.8. The molecule has 2 N–H and O–H groups in total. The van der Waals surface area contributed by atoms with E-state index in [2.05, 4.69) is 25.5 Å². The standard InChI is InChI=1S/C30H28F4N6O/c1-20(41)36-24-6-3-21(4-7-24)28-12-13-35-29(38-28)37-25-8-10-26(11-9-25)40-16-14-39(15-17-40)19-22-2-5-23(31)18-27(22)30(32,33)34/h2-13,18H,14-17,19H2,1H3,(H,36,41)(H,35,37,38). The maximum absolute atomic E-state index is 13.4. The van der Waals surface area contributed by atoms with Crippen LogP contribution in [0.4, 0.5) is 40.6 Å². The van der Waals surface area contributed by atoms with E-state index in [1.54, 1.807) is 12.3 Å². The molecule has 0 unspecified atom stereocenters. The number of alkyl halides is 3. The molecule has 11 heteroatoms. The molecule has 1 amide bonds. The Kier molecular flexibility index (Phi) is 8.16. The summed E-state index contributed by atoms with van der Waals surface area (Å²) in [6.07, 6.45) is -2.93. The SMILES string of the molecule is CC(=O)Nc1ccc(-c2ccnc(Nc3ccc(N4CCN(Cc5ccc(F)cc5C(F)(F)F)CC4)cc3)n2)cc1. The number of nitrogens with one attached hydrogen (secondary N) is 2. The summed E-state index contributed by atoms with van der Waals surface area (Å²) in [5.41, 5.74) is 3.29. The highest BCUT2D eigenvalue weighted by Crippen LogP contribution is 2.33. The molecule has 0 radical (unpaired) electrons. The number of aromatic nitrogens is 2. The van der Waals surface area contributed by atoms with Gasteiger partial charge in [0.2, 0.25) is 11.9 Å². The van der Waals surface area contributed by atoms with E-state index in [0.717, 1.165) is 28.7 Å². The van der Waals surface area contributed by atoms with Crippen LogP contribution >= 0.6 is 0 Å². The Morgan fingerprint density at radius 2 is 1.59 bits per heavy atom. The van der Waals surface area contributed by atoms with Gasteiger partial charge in [-0.25, -0.2) is 14.4 Å². The first-order valence-electron chi connectivity index (χ1n) is 13.1. The van der Waals surface area contributed by atoms with Crippen molar-refractivity contribution < 1.29 is 22.4 Å². The van der Waals surface area contributed by atoms with Gasteiger partial charge in [-0.3, -0.25) is 9.69 Å². The molecular weight excluding hydrogens is 536 g/mol. The zero-order valence-electron chi connectivity index (χ0n) is 22.3. The van der Waals surface area contributed by atoms with E-state index in [9.17, 15) is 22.4 Å². The highest BCUT2D eigenvalue weighted by molar-refractivity contribution is 5.88. The molecule has 3 aromatic carbocycles. The van der Waals surface area contributed by atoms with Crippen molar-refractivity contribution in [3.05, 3.63) is 95.9 Å². The molecule has 0 atom stereocenters. The Hall–Kier alpha value is -4.51. The number of halogens is 4. The van der Waals surface area contributed by atoms with Crippen molar-refractivity contribution >= 4 is 28.9 Å². The molecule has 0 aliphatic carbocycles. The zero-order valence-corrected chi connectivity index (χ0v) is 22.3. The van der Waals surface area contributed by atoms with Gasteiger partial charge >= 0.3 is 6.18 Å². The van der Waals surface area contributed by atoms with Gasteiger partial charge in [-0.1, -0.05) is 18.2 Å². The smallest absolute Gasteiger partial charge is 0.369 e. The number of benzene rings is 3. The first-order chi connectivity index (χ1) is 19.6. The molecule has 4 aromatic rings. The topological polar surface area (TPSA) is 73.4 Å². The van der Waals surface area contributed by atoms with E-state index in [1.165, 1.54) is 13.0 Å². The molecule has 7 nitrogen and oxygen atoms in total. The molecule has 5 rings (SSSR count). The summed E-state index contributed by atoms with van der Waals surface area (Å²) in [5, 5.41) is 5.95. The lowest BCUT2D eigenvalue weighted by Crippen LogP contribution is -2.46. The van der Waals surface area contributed by atoms with E-state index in [-0.39, 0.29) is 18.0 Å². The predicted octanol–water partition coefficient (Wildman–Crippen LogP) is 6.33. The van der Waals surface area contributed by atoms with Crippen molar-refractivity contribution in [1.29, 1.82) is 0 Å². The molecule has 2 heterocycles. The van der Waals surface area contributed by atoms with Gasteiger partial charge in [0.1, 0.15) is 5.82 Å². The third kappa shape index (κ3) is 7.17. The van der Waals surface area contributed by atoms with Gasteiger partial charge in [0.15, 0.2) is 0 Å². The summed E-state index contributed by atoms with van der Waals surface area (Å²) in [5.74, 6) is -0.587. The number of carbonyl (C=O) groups excluding carboxylic acids is 1. The van der Waals surface area contributed by atoms with Crippen molar-refractivity contribution in [1.82, 2.24) is 14.9 Å². The van der Waals surface area contributed by atoms with Crippen molar-refractivity contribution in [2.24, 2.45) is 0 Å². The van der Waals surface area contributed by atoms with E-state index >= 15 is 0 Å². The Balaban J connectivity index is 1.17. The molecular formula is C30H28F4N6O. The molecule has 1 aliphatic rings. The van der Waals surface area contributed by atoms with Gasteiger partial charge in [0, 0.05) is 68.5 Å². The molecule has 1 aromatic heterocycles. The second-order valence-electron chi connectivity index (χ2n) is 9.76. The highest BCUT2D eigenvalue weighted by atomic mass is 19.4. The molecule has 0 spiro atoms. The van der Waals surface area contributed by atoms with Crippen LogP contribution in [0.5, 0.6) is 0 Å². The van der Waals surface area contributed by atoms with Crippen LogP contribution in [0.25, 0.3) is 11.3 Å². The maximum Gasteiger partial charge on any atom is 0.416 e. The van der Waals surface area contributed by atoms with Crippen LogP contribution in [-0.4, -0.2) is 47.0 Å². The van der Waals surface area contributed by atoms with Gasteiger partial charge in [-0.15, -0.1) is 0 Å². The minimum atomic E-state index is -4.60. The van der Waals surface area contributed by atoms with Crippen LogP contribution < -0.4 is 15.5 Å². The monoisotopic (exact) mass is 564 g/mol. The van der Waals surface area contributed by atoms with Crippen LogP contribution in [0.15, 0.2) is 79.0 Å². The van der Waals surface area contributed by atoms with Gasteiger partial charge < -0.3 is 15.5 Å². The van der Waals surface area contributed by atoms with Crippen LogP contribution in [0, 0.1) is 5.82 Å². The van der Waals surface area contributed by atoms with Crippen molar-refractivity contribution in [2.45, 2.75) is 19.6 Å². The molecule has 1 fully saturated rings. The largest absolute Gasteiger partial charge is 0.416 e. The van der Waals surface area contributed by atoms with E-state index in [0.29, 0.717) is 43.9 Å². The fourth-order valence-electron chi connectivity index (χ4n) is 4.75. The Labute approximate surface area is 234 Å². The van der Waals surface area contributed by atoms with E-state index in [4.69, 9.17) is 0 Å². The average molecular weight is 565 g/mol. The molecule has 1 aliphatic heterocycles. The maximum atomic E-state index is 13.4. The van der Waals surface area contributed by atoms with Gasteiger partial charge in [0.25, 0.3) is 0 Å². The van der Waals surface area contributed by atoms with Crippen LogP contribution in [0.2, 0.25) is 0 Å². The first-order valence-corrected chi connectivity index (χ1v) is 13.1. The molecule has 0 bridgehead atoms. The molecule has 41 heavy (non-hydrogen) atoms. The van der Waals surface area contributed by atoms with Crippen molar-refractivity contribution in [3.8, 4) is 11.3 Å². The van der Waals surface area contributed by atoms with Gasteiger partial charge in [-0.2, -0.15) is 13.2 Å². The second kappa shape index (κ2) is 11.9. The normalized spacial score (nSPS) is 14.1. The number of nitrogens with zero attached hydrogens (tertiary/aromatic N) is 4. The number of piperazine rings is 1. The summed E-state index contributed by atoms with van der Waals surface area (Å²) >= 11 is 0. The third-order valence-electron chi connectivity index (χ3n) is 6.79. The first kappa shape index (κ1) is 28.0. The second-order valence-corrected chi connectivity index (χ2v) is 9.76. The number of rotatable bonds is 7. The average Bonchev–Trinajstić information content (AvgIpc) is 2.95. The zero-order chi connectivity index (χ0) is 29.0. The number of amides is 1. The molecule has 0 saturated carbocycles. The van der Waals surface area contributed by atoms with Gasteiger partial charge in [0.05, 0.1) is 11.3 Å². The van der Waals surface area contributed by atoms with Crippen molar-refractivity contribution in [2.75, 3.05) is 41.7 Å². The van der Waals surface area contributed by atoms with Crippen LogP contribution in [0.3, 0.4) is 0 Å². The summed E-state index contributed by atoms with van der Waals surface area (Å²) in [6.45, 7) is 4.05.